The fourth-order valence-electron chi connectivity index (χ4n) is 3.19. The minimum atomic E-state index is -0.111. The van der Waals surface area contributed by atoms with E-state index in [9.17, 15) is 4.79 Å². The second kappa shape index (κ2) is 6.80. The molecule has 0 aromatic carbocycles. The van der Waals surface area contributed by atoms with Gasteiger partial charge in [-0.15, -0.1) is 0 Å². The summed E-state index contributed by atoms with van der Waals surface area (Å²) in [6.07, 6.45) is 4.35. The second-order valence-corrected chi connectivity index (χ2v) is 6.75. The molecule has 2 aliphatic heterocycles. The number of nitrogens with zero attached hydrogens (tertiary/aromatic N) is 3. The van der Waals surface area contributed by atoms with E-state index in [2.05, 4.69) is 32.4 Å². The lowest BCUT2D eigenvalue weighted by molar-refractivity contribution is -0.0390. The van der Waals surface area contributed by atoms with Crippen molar-refractivity contribution in [2.24, 2.45) is 0 Å². The Morgan fingerprint density at radius 1 is 1.35 bits per heavy atom. The summed E-state index contributed by atoms with van der Waals surface area (Å²) in [6, 6.07) is 0.843. The second-order valence-electron chi connectivity index (χ2n) is 6.75. The number of carbonyl (C=O) groups excluding carboxylic acids is 1. The Bertz CT molecular complexity index is 548. The first-order valence-corrected chi connectivity index (χ1v) is 8.26. The molecule has 0 unspecified atom stereocenters. The van der Waals surface area contributed by atoms with Crippen molar-refractivity contribution in [3.63, 3.8) is 0 Å². The molecule has 7 heteroatoms. The van der Waals surface area contributed by atoms with Gasteiger partial charge in [-0.2, -0.15) is 0 Å². The van der Waals surface area contributed by atoms with Crippen molar-refractivity contribution in [1.29, 1.82) is 0 Å². The van der Waals surface area contributed by atoms with Gasteiger partial charge >= 0.3 is 0 Å². The Morgan fingerprint density at radius 2 is 2.09 bits per heavy atom. The van der Waals surface area contributed by atoms with Crippen LogP contribution in [0, 0.1) is 0 Å². The Balaban J connectivity index is 1.55. The van der Waals surface area contributed by atoms with Crippen LogP contribution in [0.3, 0.4) is 0 Å². The average molecular weight is 319 g/mol. The number of ether oxygens (including phenoxy) is 1. The fraction of sp³-hybridized carbons (Fsp3) is 0.688. The number of nitrogens with one attached hydrogen (secondary N) is 2. The van der Waals surface area contributed by atoms with E-state index in [1.165, 1.54) is 0 Å². The number of aromatic nitrogens is 2. The van der Waals surface area contributed by atoms with Crippen LogP contribution in [-0.4, -0.2) is 64.7 Å². The third-order valence-electron chi connectivity index (χ3n) is 4.26. The van der Waals surface area contributed by atoms with Crippen LogP contribution in [0.4, 0.5) is 5.95 Å². The van der Waals surface area contributed by atoms with E-state index in [1.807, 2.05) is 13.8 Å². The van der Waals surface area contributed by atoms with Gasteiger partial charge in [-0.05, 0) is 27.2 Å². The summed E-state index contributed by atoms with van der Waals surface area (Å²) in [4.78, 5) is 23.1. The predicted octanol–water partition coefficient (Wildman–Crippen LogP) is 0.888. The number of amides is 1. The molecule has 3 atom stereocenters. The average Bonchev–Trinajstić information content (AvgIpc) is 2.88. The van der Waals surface area contributed by atoms with E-state index in [1.54, 1.807) is 12.4 Å². The summed E-state index contributed by atoms with van der Waals surface area (Å²) in [5, 5.41) is 6.20. The number of fused-ring (bicyclic) bond motifs is 1. The van der Waals surface area contributed by atoms with Crippen LogP contribution < -0.4 is 10.6 Å². The minimum absolute atomic E-state index is 0.111. The molecular formula is C16H25N5O2. The Kier molecular flexibility index (Phi) is 4.77. The standard InChI is InChI=1S/C16H25N5O2/c1-10(2)19-16-17-5-12(6-18-16)15(22)20-13-4-14-9-23-11(3)7-21(14)8-13/h5-6,10-11,13-14H,4,7-9H2,1-3H3,(H,20,22)(H,17,18,19)/t11-,13-,14-/m0/s1. The molecule has 2 saturated heterocycles. The van der Waals surface area contributed by atoms with Crippen LogP contribution in [0.1, 0.15) is 37.6 Å². The molecule has 7 nitrogen and oxygen atoms in total. The number of carbonyl (C=O) groups is 1. The van der Waals surface area contributed by atoms with Gasteiger partial charge in [0.05, 0.1) is 18.3 Å². The van der Waals surface area contributed by atoms with Crippen LogP contribution in [-0.2, 0) is 4.74 Å². The lowest BCUT2D eigenvalue weighted by Gasteiger charge is -2.33. The van der Waals surface area contributed by atoms with E-state index in [4.69, 9.17) is 4.74 Å². The van der Waals surface area contributed by atoms with Crippen molar-refractivity contribution in [3.05, 3.63) is 18.0 Å². The molecule has 0 radical (unpaired) electrons. The lowest BCUT2D eigenvalue weighted by atomic mass is 10.1. The Morgan fingerprint density at radius 3 is 2.78 bits per heavy atom. The first-order valence-electron chi connectivity index (χ1n) is 8.26. The molecule has 3 rings (SSSR count). The van der Waals surface area contributed by atoms with Crippen molar-refractivity contribution in [1.82, 2.24) is 20.2 Å². The molecule has 0 bridgehead atoms. The molecule has 23 heavy (non-hydrogen) atoms. The van der Waals surface area contributed by atoms with E-state index in [-0.39, 0.29) is 24.1 Å². The molecule has 1 aromatic heterocycles. The van der Waals surface area contributed by atoms with E-state index >= 15 is 0 Å². The van der Waals surface area contributed by atoms with Crippen molar-refractivity contribution in [2.45, 2.75) is 51.4 Å². The molecular weight excluding hydrogens is 294 g/mol. The monoisotopic (exact) mass is 319 g/mol. The van der Waals surface area contributed by atoms with Crippen molar-refractivity contribution >= 4 is 11.9 Å². The highest BCUT2D eigenvalue weighted by atomic mass is 16.5. The smallest absolute Gasteiger partial charge is 0.254 e. The first-order chi connectivity index (χ1) is 11.0. The Labute approximate surface area is 136 Å². The molecule has 2 fully saturated rings. The Hall–Kier alpha value is -1.73. The zero-order chi connectivity index (χ0) is 16.4. The maximum Gasteiger partial charge on any atom is 0.254 e. The van der Waals surface area contributed by atoms with E-state index in [0.717, 1.165) is 26.1 Å². The highest BCUT2D eigenvalue weighted by Crippen LogP contribution is 2.23. The molecule has 2 aliphatic rings. The summed E-state index contributed by atoms with van der Waals surface area (Å²) in [7, 11) is 0. The summed E-state index contributed by atoms with van der Waals surface area (Å²) in [5.74, 6) is 0.431. The SMILES string of the molecule is CC(C)Nc1ncc(C(=O)N[C@H]2C[C@H]3CO[C@@H](C)CN3C2)cn1. The molecule has 1 amide bonds. The quantitative estimate of drug-likeness (QED) is 0.858. The van der Waals surface area contributed by atoms with Crippen LogP contribution >= 0.6 is 0 Å². The lowest BCUT2D eigenvalue weighted by Crippen LogP contribution is -2.45. The van der Waals surface area contributed by atoms with Gasteiger partial charge in [0.15, 0.2) is 0 Å². The van der Waals surface area contributed by atoms with Gasteiger partial charge < -0.3 is 15.4 Å². The molecule has 126 valence electrons. The number of hydrogen-bond donors (Lipinski definition) is 2. The third kappa shape index (κ3) is 3.97. The molecule has 0 aliphatic carbocycles. The molecule has 0 spiro atoms. The van der Waals surface area contributed by atoms with Crippen LogP contribution in [0.5, 0.6) is 0 Å². The van der Waals surface area contributed by atoms with Crippen LogP contribution in [0.2, 0.25) is 0 Å². The van der Waals surface area contributed by atoms with Gasteiger partial charge in [-0.3, -0.25) is 9.69 Å². The van der Waals surface area contributed by atoms with Gasteiger partial charge in [0, 0.05) is 43.6 Å². The number of hydrogen-bond acceptors (Lipinski definition) is 6. The normalized spacial score (nSPS) is 27.7. The zero-order valence-corrected chi connectivity index (χ0v) is 14.0. The van der Waals surface area contributed by atoms with Gasteiger partial charge in [0.1, 0.15) is 0 Å². The van der Waals surface area contributed by atoms with Crippen molar-refractivity contribution < 1.29 is 9.53 Å². The van der Waals surface area contributed by atoms with Gasteiger partial charge in [0.25, 0.3) is 5.91 Å². The summed E-state index contributed by atoms with van der Waals surface area (Å²) in [6.45, 7) is 8.71. The fourth-order valence-corrected chi connectivity index (χ4v) is 3.19. The maximum absolute atomic E-state index is 12.3. The largest absolute Gasteiger partial charge is 0.376 e. The summed E-state index contributed by atoms with van der Waals surface area (Å²) < 4.78 is 5.69. The number of anilines is 1. The van der Waals surface area contributed by atoms with E-state index < -0.39 is 0 Å². The van der Waals surface area contributed by atoms with Gasteiger partial charge in [0.2, 0.25) is 5.95 Å². The van der Waals surface area contributed by atoms with Crippen molar-refractivity contribution in [2.75, 3.05) is 25.0 Å². The minimum Gasteiger partial charge on any atom is -0.376 e. The van der Waals surface area contributed by atoms with Crippen LogP contribution in [0.25, 0.3) is 0 Å². The number of rotatable bonds is 4. The molecule has 0 saturated carbocycles. The molecule has 2 N–H and O–H groups in total. The van der Waals surface area contributed by atoms with Crippen LogP contribution in [0.15, 0.2) is 12.4 Å². The topological polar surface area (TPSA) is 79.4 Å². The van der Waals surface area contributed by atoms with E-state index in [0.29, 0.717) is 17.6 Å². The zero-order valence-electron chi connectivity index (χ0n) is 14.0. The number of morpholine rings is 1. The third-order valence-corrected chi connectivity index (χ3v) is 4.26. The maximum atomic E-state index is 12.3. The predicted molar refractivity (Wildman–Crippen MR) is 87.4 cm³/mol. The first kappa shape index (κ1) is 16.1. The molecule has 3 heterocycles. The highest BCUT2D eigenvalue weighted by molar-refractivity contribution is 5.93. The highest BCUT2D eigenvalue weighted by Gasteiger charge is 2.36. The van der Waals surface area contributed by atoms with Gasteiger partial charge in [-0.25, -0.2) is 9.97 Å². The van der Waals surface area contributed by atoms with Gasteiger partial charge in [-0.1, -0.05) is 0 Å². The summed E-state index contributed by atoms with van der Waals surface area (Å²) in [5.41, 5.74) is 0.494. The molecule has 1 aromatic rings. The van der Waals surface area contributed by atoms with Crippen molar-refractivity contribution in [3.8, 4) is 0 Å². The summed E-state index contributed by atoms with van der Waals surface area (Å²) >= 11 is 0.